The molecule has 110 valence electrons. The van der Waals surface area contributed by atoms with Gasteiger partial charge in [0.1, 0.15) is 12.4 Å². The fourth-order valence-electron chi connectivity index (χ4n) is 1.42. The molecule has 20 heavy (non-hydrogen) atoms. The zero-order chi connectivity index (χ0) is 14.8. The number of rotatable bonds is 8. The molecule has 0 spiro atoms. The van der Waals surface area contributed by atoms with Crippen molar-refractivity contribution in [2.45, 2.75) is 6.54 Å². The molecule has 0 aliphatic rings. The minimum atomic E-state index is -1.03. The largest absolute Gasteiger partial charge is 0.497 e. The number of carbonyl (C=O) groups excluding carboxylic acids is 1. The molecule has 1 rings (SSSR count). The normalized spacial score (nSPS) is 9.85. The predicted molar refractivity (Wildman–Crippen MR) is 71.7 cm³/mol. The minimum Gasteiger partial charge on any atom is -0.497 e. The quantitative estimate of drug-likeness (QED) is 0.607. The Kier molecular flexibility index (Phi) is 6.91. The highest BCUT2D eigenvalue weighted by Crippen LogP contribution is 2.11. The van der Waals surface area contributed by atoms with Gasteiger partial charge in [0.2, 0.25) is 0 Å². The number of amides is 2. The number of nitrogens with one attached hydrogen (secondary N) is 2. The van der Waals surface area contributed by atoms with E-state index in [1.54, 1.807) is 7.11 Å². The second-order valence-corrected chi connectivity index (χ2v) is 3.91. The van der Waals surface area contributed by atoms with Gasteiger partial charge in [0.05, 0.1) is 13.7 Å². The van der Waals surface area contributed by atoms with E-state index in [4.69, 9.17) is 14.6 Å². The third-order valence-electron chi connectivity index (χ3n) is 2.34. The van der Waals surface area contributed by atoms with Crippen LogP contribution in [0.5, 0.6) is 5.75 Å². The highest BCUT2D eigenvalue weighted by molar-refractivity contribution is 5.73. The van der Waals surface area contributed by atoms with Crippen molar-refractivity contribution in [1.82, 2.24) is 10.6 Å². The number of carboxylic acids is 1. The van der Waals surface area contributed by atoms with Crippen molar-refractivity contribution < 1.29 is 24.2 Å². The summed E-state index contributed by atoms with van der Waals surface area (Å²) in [5.41, 5.74) is 0.918. The van der Waals surface area contributed by atoms with Crippen LogP contribution in [0, 0.1) is 0 Å². The van der Waals surface area contributed by atoms with Gasteiger partial charge in [-0.05, 0) is 17.7 Å². The van der Waals surface area contributed by atoms with E-state index >= 15 is 0 Å². The van der Waals surface area contributed by atoms with Crippen LogP contribution in [-0.2, 0) is 16.1 Å². The first-order valence-corrected chi connectivity index (χ1v) is 6.06. The molecule has 0 aromatic heterocycles. The van der Waals surface area contributed by atoms with E-state index in [-0.39, 0.29) is 25.8 Å². The molecule has 0 saturated carbocycles. The summed E-state index contributed by atoms with van der Waals surface area (Å²) in [5, 5.41) is 13.6. The molecule has 0 bridgehead atoms. The van der Waals surface area contributed by atoms with Gasteiger partial charge in [-0.3, -0.25) is 0 Å². The summed E-state index contributed by atoms with van der Waals surface area (Å²) in [6.45, 7) is 0.405. The zero-order valence-electron chi connectivity index (χ0n) is 11.2. The highest BCUT2D eigenvalue weighted by atomic mass is 16.5. The summed E-state index contributed by atoms with van der Waals surface area (Å²) in [6.07, 6.45) is 0. The third-order valence-corrected chi connectivity index (χ3v) is 2.34. The van der Waals surface area contributed by atoms with Gasteiger partial charge in [0.15, 0.2) is 0 Å². The molecule has 0 saturated heterocycles. The summed E-state index contributed by atoms with van der Waals surface area (Å²) >= 11 is 0. The molecule has 7 nitrogen and oxygen atoms in total. The number of urea groups is 1. The first kappa shape index (κ1) is 15.8. The highest BCUT2D eigenvalue weighted by Gasteiger charge is 2.01. The number of ether oxygens (including phenoxy) is 2. The lowest BCUT2D eigenvalue weighted by Crippen LogP contribution is -2.37. The van der Waals surface area contributed by atoms with Gasteiger partial charge in [0.25, 0.3) is 0 Å². The van der Waals surface area contributed by atoms with Crippen molar-refractivity contribution in [3.8, 4) is 5.75 Å². The number of carbonyl (C=O) groups is 2. The van der Waals surface area contributed by atoms with E-state index in [0.717, 1.165) is 11.3 Å². The number of benzene rings is 1. The van der Waals surface area contributed by atoms with Crippen molar-refractivity contribution in [3.63, 3.8) is 0 Å². The molecule has 7 heteroatoms. The number of aliphatic carboxylic acids is 1. The SMILES string of the molecule is COc1cccc(CNC(=O)NCCOCC(=O)O)c1. The molecule has 0 atom stereocenters. The Balaban J connectivity index is 2.17. The molecule has 0 aliphatic carbocycles. The average molecular weight is 282 g/mol. The molecule has 1 aromatic rings. The van der Waals surface area contributed by atoms with Crippen LogP contribution in [0.25, 0.3) is 0 Å². The fraction of sp³-hybridized carbons (Fsp3) is 0.385. The summed E-state index contributed by atoms with van der Waals surface area (Å²) in [7, 11) is 1.58. The van der Waals surface area contributed by atoms with Crippen LogP contribution in [0.2, 0.25) is 0 Å². The molecule has 0 radical (unpaired) electrons. The summed E-state index contributed by atoms with van der Waals surface area (Å²) in [5.74, 6) is -0.306. The van der Waals surface area contributed by atoms with Crippen LogP contribution < -0.4 is 15.4 Å². The molecular formula is C13H18N2O5. The second-order valence-electron chi connectivity index (χ2n) is 3.91. The van der Waals surface area contributed by atoms with E-state index in [2.05, 4.69) is 10.6 Å². The Hall–Kier alpha value is -2.28. The first-order valence-electron chi connectivity index (χ1n) is 6.06. The monoisotopic (exact) mass is 282 g/mol. The van der Waals surface area contributed by atoms with Crippen LogP contribution in [0.15, 0.2) is 24.3 Å². The number of hydrogen-bond donors (Lipinski definition) is 3. The van der Waals surface area contributed by atoms with Gasteiger partial charge in [-0.15, -0.1) is 0 Å². The Labute approximate surface area is 116 Å². The van der Waals surface area contributed by atoms with Crippen LogP contribution in [0.3, 0.4) is 0 Å². The Morgan fingerprint density at radius 3 is 2.80 bits per heavy atom. The molecule has 3 N–H and O–H groups in total. The standard InChI is InChI=1S/C13H18N2O5/c1-19-11-4-2-3-10(7-11)8-15-13(18)14-5-6-20-9-12(16)17/h2-4,7H,5-6,8-9H2,1H3,(H,16,17)(H2,14,15,18). The maximum Gasteiger partial charge on any atom is 0.329 e. The molecule has 0 heterocycles. The van der Waals surface area contributed by atoms with Gasteiger partial charge in [-0.2, -0.15) is 0 Å². The van der Waals surface area contributed by atoms with Crippen molar-refractivity contribution >= 4 is 12.0 Å². The molecule has 1 aromatic carbocycles. The van der Waals surface area contributed by atoms with Crippen LogP contribution >= 0.6 is 0 Å². The average Bonchev–Trinajstić information content (AvgIpc) is 2.44. The number of carboxylic acid groups (broad SMARTS) is 1. The number of hydrogen-bond acceptors (Lipinski definition) is 4. The van der Waals surface area contributed by atoms with Crippen molar-refractivity contribution in [1.29, 1.82) is 0 Å². The van der Waals surface area contributed by atoms with Gasteiger partial charge in [0, 0.05) is 13.1 Å². The molecular weight excluding hydrogens is 264 g/mol. The second kappa shape index (κ2) is 8.76. The smallest absolute Gasteiger partial charge is 0.329 e. The van der Waals surface area contributed by atoms with Gasteiger partial charge >= 0.3 is 12.0 Å². The summed E-state index contributed by atoms with van der Waals surface area (Å²) in [4.78, 5) is 21.6. The third kappa shape index (κ3) is 6.60. The zero-order valence-corrected chi connectivity index (χ0v) is 11.2. The van der Waals surface area contributed by atoms with E-state index in [9.17, 15) is 9.59 Å². The summed E-state index contributed by atoms with van der Waals surface area (Å²) in [6, 6.07) is 7.03. The van der Waals surface area contributed by atoms with E-state index in [1.165, 1.54) is 0 Å². The predicted octanol–water partition coefficient (Wildman–Crippen LogP) is 0.596. The van der Waals surface area contributed by atoms with Crippen molar-refractivity contribution in [2.24, 2.45) is 0 Å². The minimum absolute atomic E-state index is 0.152. The molecule has 0 aliphatic heterocycles. The van der Waals surface area contributed by atoms with E-state index < -0.39 is 5.97 Å². The lowest BCUT2D eigenvalue weighted by molar-refractivity contribution is -0.142. The Morgan fingerprint density at radius 1 is 1.30 bits per heavy atom. The molecule has 0 unspecified atom stereocenters. The van der Waals surface area contributed by atoms with E-state index in [1.807, 2.05) is 24.3 Å². The number of methoxy groups -OCH3 is 1. The van der Waals surface area contributed by atoms with Crippen molar-refractivity contribution in [3.05, 3.63) is 29.8 Å². The molecule has 2 amide bonds. The Morgan fingerprint density at radius 2 is 2.10 bits per heavy atom. The van der Waals surface area contributed by atoms with Gasteiger partial charge in [-0.25, -0.2) is 9.59 Å². The molecule has 0 fully saturated rings. The summed E-state index contributed by atoms with van der Waals surface area (Å²) < 4.78 is 9.86. The van der Waals surface area contributed by atoms with Gasteiger partial charge in [-0.1, -0.05) is 12.1 Å². The lowest BCUT2D eigenvalue weighted by atomic mass is 10.2. The maximum absolute atomic E-state index is 11.4. The van der Waals surface area contributed by atoms with Gasteiger partial charge < -0.3 is 25.2 Å². The first-order chi connectivity index (χ1) is 9.61. The van der Waals surface area contributed by atoms with Crippen LogP contribution in [0.4, 0.5) is 4.79 Å². The fourth-order valence-corrected chi connectivity index (χ4v) is 1.42. The Bertz CT molecular complexity index is 450. The lowest BCUT2D eigenvalue weighted by Gasteiger charge is -2.08. The topological polar surface area (TPSA) is 96.9 Å². The van der Waals surface area contributed by atoms with Crippen molar-refractivity contribution in [2.75, 3.05) is 26.9 Å². The van der Waals surface area contributed by atoms with E-state index in [0.29, 0.717) is 6.54 Å². The maximum atomic E-state index is 11.4. The van der Waals surface area contributed by atoms with Crippen LogP contribution in [0.1, 0.15) is 5.56 Å². The van der Waals surface area contributed by atoms with Crippen LogP contribution in [-0.4, -0.2) is 44.0 Å².